The molecule has 2 aromatic rings. The molecule has 3 rings (SSSR count). The molecule has 23 heavy (non-hydrogen) atoms. The lowest BCUT2D eigenvalue weighted by atomic mass is 10.2. The normalized spacial score (nSPS) is 17.7. The SMILES string of the molecule is CCO.CCOc1c(Cl)cc2c(cnn2C2CCCCO2)c1Br. The van der Waals surface area contributed by atoms with Crippen molar-refractivity contribution in [2.24, 2.45) is 0 Å². The summed E-state index contributed by atoms with van der Waals surface area (Å²) in [5, 5.41) is 13.6. The minimum atomic E-state index is 0.00200. The first-order valence-corrected chi connectivity index (χ1v) is 9.01. The summed E-state index contributed by atoms with van der Waals surface area (Å²) < 4.78 is 14.2. The number of fused-ring (bicyclic) bond motifs is 1. The van der Waals surface area contributed by atoms with Crippen LogP contribution >= 0.6 is 27.5 Å². The molecule has 0 aliphatic carbocycles. The van der Waals surface area contributed by atoms with Gasteiger partial charge in [-0.05, 0) is 55.1 Å². The lowest BCUT2D eigenvalue weighted by Gasteiger charge is -2.23. The van der Waals surface area contributed by atoms with Crippen LogP contribution in [0.1, 0.15) is 39.3 Å². The van der Waals surface area contributed by atoms with E-state index < -0.39 is 0 Å². The second-order valence-electron chi connectivity index (χ2n) is 5.09. The molecule has 2 heterocycles. The number of hydrogen-bond donors (Lipinski definition) is 1. The van der Waals surface area contributed by atoms with Crippen molar-refractivity contribution in [2.45, 2.75) is 39.3 Å². The molecule has 0 radical (unpaired) electrons. The molecule has 1 saturated heterocycles. The Labute approximate surface area is 149 Å². The van der Waals surface area contributed by atoms with E-state index in [2.05, 4.69) is 21.0 Å². The molecule has 0 amide bonds. The van der Waals surface area contributed by atoms with Gasteiger partial charge in [0.25, 0.3) is 0 Å². The van der Waals surface area contributed by atoms with Crippen LogP contribution in [0, 0.1) is 0 Å². The third-order valence-electron chi connectivity index (χ3n) is 3.47. The number of rotatable bonds is 3. The van der Waals surface area contributed by atoms with Crippen molar-refractivity contribution in [1.29, 1.82) is 0 Å². The minimum absolute atomic E-state index is 0.00200. The van der Waals surface area contributed by atoms with Crippen molar-refractivity contribution in [1.82, 2.24) is 9.78 Å². The topological polar surface area (TPSA) is 56.5 Å². The van der Waals surface area contributed by atoms with Crippen LogP contribution in [0.4, 0.5) is 0 Å². The maximum absolute atomic E-state index is 7.57. The Kier molecular flexibility index (Phi) is 7.14. The highest BCUT2D eigenvalue weighted by Crippen LogP contribution is 2.40. The van der Waals surface area contributed by atoms with E-state index in [1.807, 2.05) is 23.9 Å². The Morgan fingerprint density at radius 1 is 1.48 bits per heavy atom. The molecule has 128 valence electrons. The van der Waals surface area contributed by atoms with Gasteiger partial charge in [0.1, 0.15) is 0 Å². The third kappa shape index (κ3) is 4.18. The summed E-state index contributed by atoms with van der Waals surface area (Å²) in [4.78, 5) is 0. The summed E-state index contributed by atoms with van der Waals surface area (Å²) in [6.07, 6.45) is 5.10. The highest BCUT2D eigenvalue weighted by atomic mass is 79.9. The average Bonchev–Trinajstić information content (AvgIpc) is 2.97. The summed E-state index contributed by atoms with van der Waals surface area (Å²) in [6, 6.07) is 1.90. The second kappa shape index (κ2) is 8.87. The van der Waals surface area contributed by atoms with Crippen LogP contribution in [0.2, 0.25) is 5.02 Å². The van der Waals surface area contributed by atoms with Gasteiger partial charge in [-0.3, -0.25) is 0 Å². The van der Waals surface area contributed by atoms with Crippen LogP contribution < -0.4 is 4.74 Å². The van der Waals surface area contributed by atoms with Crippen LogP contribution in [0.15, 0.2) is 16.7 Å². The number of aliphatic hydroxyl groups is 1. The van der Waals surface area contributed by atoms with Crippen molar-refractivity contribution in [3.05, 3.63) is 21.8 Å². The number of aromatic nitrogens is 2. The molecule has 5 nitrogen and oxygen atoms in total. The smallest absolute Gasteiger partial charge is 0.152 e. The van der Waals surface area contributed by atoms with E-state index in [1.54, 1.807) is 6.92 Å². The van der Waals surface area contributed by atoms with Gasteiger partial charge in [0.15, 0.2) is 12.0 Å². The molecule has 1 N–H and O–H groups in total. The van der Waals surface area contributed by atoms with Gasteiger partial charge in [0.2, 0.25) is 0 Å². The molecule has 1 aromatic heterocycles. The molecule has 0 bridgehead atoms. The predicted octanol–water partition coefficient (Wildman–Crippen LogP) is 4.55. The van der Waals surface area contributed by atoms with Crippen LogP contribution in [-0.4, -0.2) is 34.7 Å². The number of ether oxygens (including phenoxy) is 2. The van der Waals surface area contributed by atoms with Gasteiger partial charge < -0.3 is 14.6 Å². The fourth-order valence-corrected chi connectivity index (χ4v) is 3.52. The monoisotopic (exact) mass is 404 g/mol. The predicted molar refractivity (Wildman–Crippen MR) is 95.2 cm³/mol. The van der Waals surface area contributed by atoms with E-state index in [9.17, 15) is 0 Å². The van der Waals surface area contributed by atoms with Gasteiger partial charge in [-0.25, -0.2) is 4.68 Å². The van der Waals surface area contributed by atoms with Gasteiger partial charge in [-0.1, -0.05) is 11.6 Å². The zero-order valence-corrected chi connectivity index (χ0v) is 15.7. The molecule has 0 spiro atoms. The van der Waals surface area contributed by atoms with Crippen molar-refractivity contribution in [2.75, 3.05) is 19.8 Å². The van der Waals surface area contributed by atoms with Gasteiger partial charge >= 0.3 is 0 Å². The first-order chi connectivity index (χ1) is 11.1. The van der Waals surface area contributed by atoms with Gasteiger partial charge in [-0.2, -0.15) is 5.10 Å². The summed E-state index contributed by atoms with van der Waals surface area (Å²) in [6.45, 7) is 5.23. The molecule has 1 atom stereocenters. The summed E-state index contributed by atoms with van der Waals surface area (Å²) in [5.74, 6) is 0.672. The second-order valence-corrected chi connectivity index (χ2v) is 6.29. The standard InChI is InChI=1S/C14H16BrClN2O2.C2H6O/c1-2-19-14-10(16)7-11-9(13(14)15)8-17-18(11)12-5-3-4-6-20-12;1-2-3/h7-8,12H,2-6H2,1H3;3H,2H2,1H3. The van der Waals surface area contributed by atoms with Crippen LogP contribution in [0.3, 0.4) is 0 Å². The highest BCUT2D eigenvalue weighted by Gasteiger charge is 2.21. The number of nitrogens with zero attached hydrogens (tertiary/aromatic N) is 2. The fourth-order valence-electron chi connectivity index (χ4n) is 2.52. The molecule has 1 aromatic carbocycles. The van der Waals surface area contributed by atoms with E-state index >= 15 is 0 Å². The van der Waals surface area contributed by atoms with Crippen LogP contribution in [-0.2, 0) is 4.74 Å². The molecular weight excluding hydrogens is 384 g/mol. The Bertz CT molecular complexity index is 642. The number of hydrogen-bond acceptors (Lipinski definition) is 4. The quantitative estimate of drug-likeness (QED) is 0.814. The van der Waals surface area contributed by atoms with E-state index in [0.717, 1.165) is 41.2 Å². The molecular formula is C16H22BrClN2O3. The lowest BCUT2D eigenvalue weighted by Crippen LogP contribution is -2.18. The fraction of sp³-hybridized carbons (Fsp3) is 0.562. The van der Waals surface area contributed by atoms with E-state index in [0.29, 0.717) is 17.4 Å². The van der Waals surface area contributed by atoms with Crippen LogP contribution in [0.25, 0.3) is 10.9 Å². The first kappa shape index (κ1) is 18.5. The number of halogens is 2. The molecule has 7 heteroatoms. The Morgan fingerprint density at radius 2 is 2.22 bits per heavy atom. The minimum Gasteiger partial charge on any atom is -0.491 e. The summed E-state index contributed by atoms with van der Waals surface area (Å²) in [7, 11) is 0. The number of benzene rings is 1. The van der Waals surface area contributed by atoms with Crippen LogP contribution in [0.5, 0.6) is 5.75 Å². The van der Waals surface area contributed by atoms with E-state index in [1.165, 1.54) is 0 Å². The maximum atomic E-state index is 7.57. The largest absolute Gasteiger partial charge is 0.491 e. The lowest BCUT2D eigenvalue weighted by molar-refractivity contribution is -0.0366. The Morgan fingerprint density at radius 3 is 2.83 bits per heavy atom. The highest BCUT2D eigenvalue weighted by molar-refractivity contribution is 9.10. The third-order valence-corrected chi connectivity index (χ3v) is 4.54. The zero-order valence-electron chi connectivity index (χ0n) is 13.4. The average molecular weight is 406 g/mol. The molecule has 0 saturated carbocycles. The number of aliphatic hydroxyl groups excluding tert-OH is 1. The molecule has 1 aliphatic rings. The molecule has 1 unspecified atom stereocenters. The van der Waals surface area contributed by atoms with E-state index in [4.69, 9.17) is 26.2 Å². The molecule has 1 aliphatic heterocycles. The van der Waals surface area contributed by atoms with Crippen molar-refractivity contribution in [3.63, 3.8) is 0 Å². The van der Waals surface area contributed by atoms with Gasteiger partial charge in [0, 0.05) is 18.6 Å². The molecule has 1 fully saturated rings. The van der Waals surface area contributed by atoms with Gasteiger partial charge in [0.05, 0.1) is 27.8 Å². The Hall–Kier alpha value is -0.820. The van der Waals surface area contributed by atoms with Crippen molar-refractivity contribution < 1.29 is 14.6 Å². The summed E-state index contributed by atoms with van der Waals surface area (Å²) in [5.41, 5.74) is 0.970. The zero-order chi connectivity index (χ0) is 16.8. The first-order valence-electron chi connectivity index (χ1n) is 7.84. The van der Waals surface area contributed by atoms with E-state index in [-0.39, 0.29) is 12.8 Å². The van der Waals surface area contributed by atoms with Crippen molar-refractivity contribution in [3.8, 4) is 5.75 Å². The maximum Gasteiger partial charge on any atom is 0.152 e. The van der Waals surface area contributed by atoms with Gasteiger partial charge in [-0.15, -0.1) is 0 Å². The Balaban J connectivity index is 0.000000595. The van der Waals surface area contributed by atoms with Crippen molar-refractivity contribution >= 4 is 38.4 Å². The summed E-state index contributed by atoms with van der Waals surface area (Å²) >= 11 is 9.89.